The Bertz CT molecular complexity index is 758. The molecule has 0 spiro atoms. The first-order valence-electron chi connectivity index (χ1n) is 7.41. The summed E-state index contributed by atoms with van der Waals surface area (Å²) in [6.45, 7) is 1.26. The molecule has 0 aliphatic carbocycles. The van der Waals surface area contributed by atoms with Crippen molar-refractivity contribution in [3.05, 3.63) is 59.9 Å². The number of rotatable bonds is 4. The van der Waals surface area contributed by atoms with Crippen LogP contribution in [-0.2, 0) is 14.3 Å². The van der Waals surface area contributed by atoms with Gasteiger partial charge in [-0.3, -0.25) is 14.5 Å². The fourth-order valence-electron chi connectivity index (χ4n) is 2.77. The van der Waals surface area contributed by atoms with Gasteiger partial charge in [-0.1, -0.05) is 12.1 Å². The van der Waals surface area contributed by atoms with Crippen LogP contribution in [0.1, 0.15) is 18.5 Å². The van der Waals surface area contributed by atoms with Crippen molar-refractivity contribution in [2.24, 2.45) is 0 Å². The summed E-state index contributed by atoms with van der Waals surface area (Å²) >= 11 is 0. The number of benzene rings is 2. The maximum atomic E-state index is 13.2. The van der Waals surface area contributed by atoms with E-state index >= 15 is 0 Å². The predicted octanol–water partition coefficient (Wildman–Crippen LogP) is 2.85. The Morgan fingerprint density at radius 1 is 1.08 bits per heavy atom. The Hall–Kier alpha value is -2.89. The number of carbonyl (C=O) groups is 2. The Balaban J connectivity index is 1.95. The fraction of sp³-hybridized carbons (Fsp3) is 0.222. The zero-order valence-corrected chi connectivity index (χ0v) is 13.2. The van der Waals surface area contributed by atoms with Crippen LogP contribution < -0.4 is 9.64 Å². The molecule has 1 saturated heterocycles. The first-order valence-corrected chi connectivity index (χ1v) is 7.41. The normalized spacial score (nSPS) is 19.6. The highest BCUT2D eigenvalue weighted by Gasteiger charge is 2.51. The number of hydrogen-bond donors (Lipinski definition) is 0. The summed E-state index contributed by atoms with van der Waals surface area (Å²) in [5, 5.41) is 0. The maximum Gasteiger partial charge on any atom is 0.303 e. The van der Waals surface area contributed by atoms with Crippen LogP contribution in [0.15, 0.2) is 48.5 Å². The van der Waals surface area contributed by atoms with E-state index in [0.717, 1.165) is 0 Å². The number of amides is 1. The molecule has 5 nitrogen and oxygen atoms in total. The second-order valence-corrected chi connectivity index (χ2v) is 5.43. The van der Waals surface area contributed by atoms with Gasteiger partial charge in [0.25, 0.3) is 5.91 Å². The predicted molar refractivity (Wildman–Crippen MR) is 85.2 cm³/mol. The molecule has 24 heavy (non-hydrogen) atoms. The van der Waals surface area contributed by atoms with Gasteiger partial charge in [0.2, 0.25) is 6.10 Å². The molecule has 0 radical (unpaired) electrons. The minimum absolute atomic E-state index is 0.315. The first-order chi connectivity index (χ1) is 11.5. The lowest BCUT2D eigenvalue weighted by Crippen LogP contribution is -2.60. The third-order valence-corrected chi connectivity index (χ3v) is 3.90. The van der Waals surface area contributed by atoms with E-state index in [1.54, 1.807) is 43.5 Å². The minimum Gasteiger partial charge on any atom is -0.497 e. The van der Waals surface area contributed by atoms with E-state index in [4.69, 9.17) is 9.47 Å². The van der Waals surface area contributed by atoms with Crippen molar-refractivity contribution in [2.75, 3.05) is 12.0 Å². The summed E-state index contributed by atoms with van der Waals surface area (Å²) in [5.41, 5.74) is 1.34. The third kappa shape index (κ3) is 2.82. The average Bonchev–Trinajstić information content (AvgIpc) is 2.58. The fourth-order valence-corrected chi connectivity index (χ4v) is 2.77. The van der Waals surface area contributed by atoms with E-state index in [1.807, 2.05) is 0 Å². The van der Waals surface area contributed by atoms with Gasteiger partial charge < -0.3 is 9.47 Å². The molecule has 2 atom stereocenters. The zero-order chi connectivity index (χ0) is 17.3. The summed E-state index contributed by atoms with van der Waals surface area (Å²) in [6, 6.07) is 12.3. The van der Waals surface area contributed by atoms with Gasteiger partial charge in [-0.2, -0.15) is 0 Å². The molecule has 124 valence electrons. The van der Waals surface area contributed by atoms with Crippen molar-refractivity contribution in [2.45, 2.75) is 19.1 Å². The molecule has 2 aromatic carbocycles. The zero-order valence-electron chi connectivity index (χ0n) is 13.2. The smallest absolute Gasteiger partial charge is 0.303 e. The van der Waals surface area contributed by atoms with Crippen LogP contribution in [0.4, 0.5) is 10.1 Å². The van der Waals surface area contributed by atoms with E-state index in [0.29, 0.717) is 17.0 Å². The number of methoxy groups -OCH3 is 1. The number of ether oxygens (including phenoxy) is 2. The maximum absolute atomic E-state index is 13.2. The Morgan fingerprint density at radius 3 is 2.25 bits per heavy atom. The van der Waals surface area contributed by atoms with Crippen molar-refractivity contribution in [1.29, 1.82) is 0 Å². The van der Waals surface area contributed by atoms with Crippen molar-refractivity contribution >= 4 is 17.6 Å². The minimum atomic E-state index is -0.907. The van der Waals surface area contributed by atoms with E-state index in [2.05, 4.69) is 0 Å². The molecule has 2 unspecified atom stereocenters. The molecule has 1 aliphatic rings. The van der Waals surface area contributed by atoms with Gasteiger partial charge in [-0.05, 0) is 42.0 Å². The van der Waals surface area contributed by atoms with Crippen LogP contribution in [0.25, 0.3) is 0 Å². The van der Waals surface area contributed by atoms with Gasteiger partial charge in [-0.15, -0.1) is 0 Å². The van der Waals surface area contributed by atoms with E-state index in [1.165, 1.54) is 24.0 Å². The lowest BCUT2D eigenvalue weighted by molar-refractivity contribution is -0.160. The van der Waals surface area contributed by atoms with E-state index in [-0.39, 0.29) is 11.7 Å². The van der Waals surface area contributed by atoms with Gasteiger partial charge in [0.1, 0.15) is 17.6 Å². The SMILES string of the molecule is COc1ccc(N2C(=O)C(OC(C)=O)C2c2ccc(F)cc2)cc1. The summed E-state index contributed by atoms with van der Waals surface area (Å²) in [6.07, 6.45) is -0.907. The topological polar surface area (TPSA) is 55.8 Å². The summed E-state index contributed by atoms with van der Waals surface area (Å²) in [5.74, 6) is -0.550. The number of esters is 1. The Labute approximate surface area is 138 Å². The second-order valence-electron chi connectivity index (χ2n) is 5.43. The van der Waals surface area contributed by atoms with Crippen molar-refractivity contribution in [3.63, 3.8) is 0 Å². The highest BCUT2D eigenvalue weighted by atomic mass is 19.1. The monoisotopic (exact) mass is 329 g/mol. The molecule has 1 aliphatic heterocycles. The lowest BCUT2D eigenvalue weighted by atomic mass is 9.89. The number of anilines is 1. The standard InChI is InChI=1S/C18H16FNO4/c1-11(21)24-17-16(12-3-5-13(19)6-4-12)20(18(17)22)14-7-9-15(23-2)10-8-14/h3-10,16-17H,1-2H3. The molecule has 0 bridgehead atoms. The molecule has 1 fully saturated rings. The van der Waals surface area contributed by atoms with E-state index in [9.17, 15) is 14.0 Å². The van der Waals surface area contributed by atoms with Gasteiger partial charge in [0.05, 0.1) is 7.11 Å². The van der Waals surface area contributed by atoms with Gasteiger partial charge in [0.15, 0.2) is 0 Å². The lowest BCUT2D eigenvalue weighted by Gasteiger charge is -2.46. The molecular formula is C18H16FNO4. The van der Waals surface area contributed by atoms with Crippen LogP contribution in [0, 0.1) is 5.82 Å². The van der Waals surface area contributed by atoms with Crippen LogP contribution >= 0.6 is 0 Å². The van der Waals surface area contributed by atoms with Crippen molar-refractivity contribution in [1.82, 2.24) is 0 Å². The van der Waals surface area contributed by atoms with Crippen molar-refractivity contribution < 1.29 is 23.5 Å². The molecule has 0 N–H and O–H groups in total. The molecule has 1 heterocycles. The second kappa shape index (κ2) is 6.31. The Kier molecular flexibility index (Phi) is 4.20. The molecule has 2 aromatic rings. The van der Waals surface area contributed by atoms with Crippen LogP contribution in [0.3, 0.4) is 0 Å². The Morgan fingerprint density at radius 2 is 1.71 bits per heavy atom. The first kappa shape index (κ1) is 16.0. The van der Waals surface area contributed by atoms with E-state index < -0.39 is 18.1 Å². The van der Waals surface area contributed by atoms with Crippen LogP contribution in [0.5, 0.6) is 5.75 Å². The average molecular weight is 329 g/mol. The van der Waals surface area contributed by atoms with Crippen molar-refractivity contribution in [3.8, 4) is 5.75 Å². The molecule has 6 heteroatoms. The molecule has 3 rings (SSSR count). The van der Waals surface area contributed by atoms with Crippen LogP contribution in [-0.4, -0.2) is 25.1 Å². The van der Waals surface area contributed by atoms with Gasteiger partial charge in [0, 0.05) is 12.6 Å². The highest BCUT2D eigenvalue weighted by Crippen LogP contribution is 2.41. The summed E-state index contributed by atoms with van der Waals surface area (Å²) in [4.78, 5) is 25.3. The number of hydrogen-bond acceptors (Lipinski definition) is 4. The summed E-state index contributed by atoms with van der Waals surface area (Å²) in [7, 11) is 1.56. The van der Waals surface area contributed by atoms with Gasteiger partial charge in [-0.25, -0.2) is 4.39 Å². The molecule has 0 aromatic heterocycles. The largest absolute Gasteiger partial charge is 0.497 e. The molecular weight excluding hydrogens is 313 g/mol. The number of carbonyl (C=O) groups excluding carboxylic acids is 2. The molecule has 0 saturated carbocycles. The highest BCUT2D eigenvalue weighted by molar-refractivity contribution is 6.06. The quantitative estimate of drug-likeness (QED) is 0.639. The molecule has 1 amide bonds. The summed E-state index contributed by atoms with van der Waals surface area (Å²) < 4.78 is 23.4. The van der Waals surface area contributed by atoms with Crippen LogP contribution in [0.2, 0.25) is 0 Å². The number of halogens is 1. The third-order valence-electron chi connectivity index (χ3n) is 3.90. The number of nitrogens with zero attached hydrogens (tertiary/aromatic N) is 1. The van der Waals surface area contributed by atoms with Gasteiger partial charge >= 0.3 is 5.97 Å². The number of β-lactam (4-membered cyclic amide) rings is 1.